The topological polar surface area (TPSA) is 101 Å². The summed E-state index contributed by atoms with van der Waals surface area (Å²) in [7, 11) is 0. The van der Waals surface area contributed by atoms with E-state index < -0.39 is 6.10 Å². The molecule has 0 spiro atoms. The van der Waals surface area contributed by atoms with Gasteiger partial charge in [-0.2, -0.15) is 4.98 Å². The highest BCUT2D eigenvalue weighted by Crippen LogP contribution is 2.21. The van der Waals surface area contributed by atoms with Crippen molar-refractivity contribution in [1.29, 1.82) is 0 Å². The van der Waals surface area contributed by atoms with E-state index in [2.05, 4.69) is 15.5 Å². The van der Waals surface area contributed by atoms with E-state index in [0.717, 1.165) is 4.88 Å². The molecule has 0 saturated heterocycles. The number of amides is 1. The van der Waals surface area contributed by atoms with Crippen LogP contribution in [0.2, 0.25) is 0 Å². The Bertz CT molecular complexity index is 752. The smallest absolute Gasteiger partial charge is 0.226 e. The molecular weight excluding hydrogens is 330 g/mol. The molecule has 8 heteroatoms. The van der Waals surface area contributed by atoms with Gasteiger partial charge in [0.2, 0.25) is 17.6 Å². The third-order valence-electron chi connectivity index (χ3n) is 3.37. The molecular formula is C16H17N3O4S. The molecule has 0 aliphatic carbocycles. The number of nitrogens with zero attached hydrogens (tertiary/aromatic N) is 2. The molecule has 2 N–H and O–H groups in total. The predicted molar refractivity (Wildman–Crippen MR) is 87.2 cm³/mol. The van der Waals surface area contributed by atoms with Gasteiger partial charge in [0.1, 0.15) is 11.9 Å². The van der Waals surface area contributed by atoms with Crippen LogP contribution < -0.4 is 5.32 Å². The summed E-state index contributed by atoms with van der Waals surface area (Å²) in [5.74, 6) is 1.38. The van der Waals surface area contributed by atoms with Gasteiger partial charge in [-0.3, -0.25) is 4.79 Å². The van der Waals surface area contributed by atoms with Crippen molar-refractivity contribution in [3.05, 3.63) is 47.6 Å². The van der Waals surface area contributed by atoms with Crippen LogP contribution in [0.5, 0.6) is 0 Å². The first-order valence-corrected chi connectivity index (χ1v) is 8.45. The van der Waals surface area contributed by atoms with Crippen molar-refractivity contribution >= 4 is 17.2 Å². The number of aryl methyl sites for hydroxylation is 1. The molecule has 3 aromatic rings. The number of aromatic nitrogens is 2. The van der Waals surface area contributed by atoms with Gasteiger partial charge in [-0.1, -0.05) is 11.2 Å². The predicted octanol–water partition coefficient (Wildman–Crippen LogP) is 2.56. The number of aliphatic hydroxyl groups is 1. The number of rotatable bonds is 8. The fourth-order valence-corrected chi connectivity index (χ4v) is 2.79. The fraction of sp³-hybridized carbons (Fsp3) is 0.312. The SMILES string of the molecule is O=C(CCCc1nc(-c2cccs2)no1)NCC(O)c1ccco1. The molecule has 3 aromatic heterocycles. The second kappa shape index (κ2) is 7.89. The highest BCUT2D eigenvalue weighted by molar-refractivity contribution is 7.13. The van der Waals surface area contributed by atoms with E-state index in [0.29, 0.717) is 36.7 Å². The molecule has 0 radical (unpaired) electrons. The van der Waals surface area contributed by atoms with Gasteiger partial charge in [-0.05, 0) is 30.0 Å². The number of carbonyl (C=O) groups is 1. The number of nitrogens with one attached hydrogen (secondary N) is 1. The van der Waals surface area contributed by atoms with E-state index in [-0.39, 0.29) is 12.5 Å². The summed E-state index contributed by atoms with van der Waals surface area (Å²) < 4.78 is 10.3. The average molecular weight is 347 g/mol. The minimum atomic E-state index is -0.840. The Morgan fingerprint density at radius 3 is 3.04 bits per heavy atom. The molecule has 24 heavy (non-hydrogen) atoms. The number of hydrogen-bond donors (Lipinski definition) is 2. The summed E-state index contributed by atoms with van der Waals surface area (Å²) in [6.45, 7) is 0.120. The Labute approximate surface area is 142 Å². The summed E-state index contributed by atoms with van der Waals surface area (Å²) in [4.78, 5) is 17.0. The van der Waals surface area contributed by atoms with Crippen molar-refractivity contribution in [2.75, 3.05) is 6.54 Å². The number of thiophene rings is 1. The number of hydrogen-bond acceptors (Lipinski definition) is 7. The van der Waals surface area contributed by atoms with Crippen molar-refractivity contribution in [1.82, 2.24) is 15.5 Å². The molecule has 7 nitrogen and oxygen atoms in total. The Morgan fingerprint density at radius 1 is 1.38 bits per heavy atom. The van der Waals surface area contributed by atoms with Crippen LogP contribution >= 0.6 is 11.3 Å². The lowest BCUT2D eigenvalue weighted by Gasteiger charge is -2.09. The lowest BCUT2D eigenvalue weighted by Crippen LogP contribution is -2.28. The molecule has 1 atom stereocenters. The third-order valence-corrected chi connectivity index (χ3v) is 4.23. The first-order valence-electron chi connectivity index (χ1n) is 7.57. The van der Waals surface area contributed by atoms with Crippen LogP contribution in [0.4, 0.5) is 0 Å². The zero-order chi connectivity index (χ0) is 16.8. The largest absolute Gasteiger partial charge is 0.467 e. The van der Waals surface area contributed by atoms with E-state index in [1.165, 1.54) is 6.26 Å². The average Bonchev–Trinajstić information content (AvgIpc) is 3.33. The quantitative estimate of drug-likeness (QED) is 0.649. The van der Waals surface area contributed by atoms with Crippen LogP contribution in [-0.2, 0) is 11.2 Å². The van der Waals surface area contributed by atoms with E-state index in [1.54, 1.807) is 23.5 Å². The van der Waals surface area contributed by atoms with Gasteiger partial charge in [0.15, 0.2) is 0 Å². The summed E-state index contributed by atoms with van der Waals surface area (Å²) in [6.07, 6.45) is 2.09. The van der Waals surface area contributed by atoms with Crippen molar-refractivity contribution < 1.29 is 18.8 Å². The van der Waals surface area contributed by atoms with Gasteiger partial charge in [0.25, 0.3) is 0 Å². The van der Waals surface area contributed by atoms with Gasteiger partial charge in [-0.15, -0.1) is 11.3 Å². The Hall–Kier alpha value is -2.45. The number of furan rings is 1. The molecule has 0 fully saturated rings. The molecule has 0 aliphatic rings. The van der Waals surface area contributed by atoms with Crippen molar-refractivity contribution in [3.63, 3.8) is 0 Å². The number of aliphatic hydroxyl groups excluding tert-OH is 1. The van der Waals surface area contributed by atoms with E-state index in [9.17, 15) is 9.90 Å². The summed E-state index contributed by atoms with van der Waals surface area (Å²) in [5.41, 5.74) is 0. The zero-order valence-corrected chi connectivity index (χ0v) is 13.7. The van der Waals surface area contributed by atoms with Crippen LogP contribution in [0.1, 0.15) is 30.6 Å². The molecule has 0 aromatic carbocycles. The number of carbonyl (C=O) groups excluding carboxylic acids is 1. The minimum Gasteiger partial charge on any atom is -0.467 e. The van der Waals surface area contributed by atoms with Gasteiger partial charge in [-0.25, -0.2) is 0 Å². The third kappa shape index (κ3) is 4.30. The zero-order valence-electron chi connectivity index (χ0n) is 12.8. The van der Waals surface area contributed by atoms with Gasteiger partial charge < -0.3 is 19.4 Å². The maximum atomic E-state index is 11.8. The van der Waals surface area contributed by atoms with Crippen LogP contribution in [0.15, 0.2) is 44.8 Å². The Kier molecular flexibility index (Phi) is 5.39. The van der Waals surface area contributed by atoms with E-state index in [4.69, 9.17) is 8.94 Å². The molecule has 126 valence electrons. The first-order chi connectivity index (χ1) is 11.7. The first kappa shape index (κ1) is 16.4. The molecule has 3 heterocycles. The normalized spacial score (nSPS) is 12.2. The van der Waals surface area contributed by atoms with Crippen LogP contribution in [0, 0.1) is 0 Å². The molecule has 0 aliphatic heterocycles. The lowest BCUT2D eigenvalue weighted by atomic mass is 10.2. The summed E-state index contributed by atoms with van der Waals surface area (Å²) in [6, 6.07) is 7.21. The lowest BCUT2D eigenvalue weighted by molar-refractivity contribution is -0.121. The fourth-order valence-electron chi connectivity index (χ4n) is 2.14. The van der Waals surface area contributed by atoms with Crippen LogP contribution in [0.3, 0.4) is 0 Å². The highest BCUT2D eigenvalue weighted by atomic mass is 32.1. The monoisotopic (exact) mass is 347 g/mol. The molecule has 1 amide bonds. The molecule has 3 rings (SSSR count). The van der Waals surface area contributed by atoms with Gasteiger partial charge in [0, 0.05) is 12.8 Å². The maximum absolute atomic E-state index is 11.8. The Morgan fingerprint density at radius 2 is 2.29 bits per heavy atom. The minimum absolute atomic E-state index is 0.120. The molecule has 1 unspecified atom stereocenters. The second-order valence-corrected chi connectivity index (χ2v) is 6.13. The van der Waals surface area contributed by atoms with Crippen molar-refractivity contribution in [2.45, 2.75) is 25.4 Å². The molecule has 0 saturated carbocycles. The van der Waals surface area contributed by atoms with Crippen molar-refractivity contribution in [3.8, 4) is 10.7 Å². The van der Waals surface area contributed by atoms with Gasteiger partial charge in [0.05, 0.1) is 17.7 Å². The van der Waals surface area contributed by atoms with Crippen LogP contribution in [-0.4, -0.2) is 27.7 Å². The standard InChI is InChI=1S/C16H17N3O4S/c20-11(12-4-2-8-22-12)10-17-14(21)6-1-7-15-18-16(19-23-15)13-5-3-9-24-13/h2-5,8-9,11,20H,1,6-7,10H2,(H,17,21). The van der Waals surface area contributed by atoms with Crippen molar-refractivity contribution in [2.24, 2.45) is 0 Å². The Balaban J connectivity index is 1.38. The maximum Gasteiger partial charge on any atom is 0.226 e. The second-order valence-electron chi connectivity index (χ2n) is 5.18. The summed E-state index contributed by atoms with van der Waals surface area (Å²) in [5, 5.41) is 18.4. The van der Waals surface area contributed by atoms with Crippen LogP contribution in [0.25, 0.3) is 10.7 Å². The van der Waals surface area contributed by atoms with E-state index >= 15 is 0 Å². The van der Waals surface area contributed by atoms with E-state index in [1.807, 2.05) is 17.5 Å². The van der Waals surface area contributed by atoms with Gasteiger partial charge >= 0.3 is 0 Å². The summed E-state index contributed by atoms with van der Waals surface area (Å²) >= 11 is 1.55. The molecule has 0 bridgehead atoms. The highest BCUT2D eigenvalue weighted by Gasteiger charge is 2.13.